The molecule has 6 atom stereocenters. The fraction of sp³-hybridized carbons (Fsp3) is 0.714. The van der Waals surface area contributed by atoms with E-state index in [1.165, 1.54) is 43.9 Å². The molecule has 5 amide bonds. The quantitative estimate of drug-likeness (QED) is 0.369. The Balaban J connectivity index is 3.55. The Bertz CT molecular complexity index is 969. The van der Waals surface area contributed by atoms with Crippen LogP contribution < -0.4 is 10.6 Å². The molecule has 40 heavy (non-hydrogen) atoms. The van der Waals surface area contributed by atoms with Gasteiger partial charge in [-0.25, -0.2) is 0 Å². The molecule has 0 radical (unpaired) electrons. The number of hydrogen-bond donors (Lipinski definition) is 2. The van der Waals surface area contributed by atoms with Crippen molar-refractivity contribution in [1.29, 1.82) is 0 Å². The zero-order valence-corrected chi connectivity index (χ0v) is 25.4. The van der Waals surface area contributed by atoms with E-state index in [1.807, 2.05) is 13.8 Å². The molecule has 2 N–H and O–H groups in total. The molecule has 0 spiro atoms. The Morgan fingerprint density at radius 3 is 1.98 bits per heavy atom. The number of carbonyl (C=O) groups excluding carboxylic acids is 6. The first kappa shape index (κ1) is 34.6. The summed E-state index contributed by atoms with van der Waals surface area (Å²) in [6.45, 7) is 13.9. The summed E-state index contributed by atoms with van der Waals surface area (Å²) in [5.41, 5.74) is 0. The van der Waals surface area contributed by atoms with E-state index in [-0.39, 0.29) is 31.2 Å². The highest BCUT2D eigenvalue weighted by Crippen LogP contribution is 2.19. The minimum absolute atomic E-state index is 0.0227. The van der Waals surface area contributed by atoms with Gasteiger partial charge in [0.1, 0.15) is 24.2 Å². The first-order valence-corrected chi connectivity index (χ1v) is 13.8. The molecule has 226 valence electrons. The largest absolute Gasteiger partial charge is 0.452 e. The summed E-state index contributed by atoms with van der Waals surface area (Å²) in [5, 5.41) is 5.40. The van der Waals surface area contributed by atoms with Crippen LogP contribution in [0.4, 0.5) is 0 Å². The highest BCUT2D eigenvalue weighted by Gasteiger charge is 2.40. The number of esters is 1. The molecular weight excluding hydrogens is 518 g/mol. The van der Waals surface area contributed by atoms with Gasteiger partial charge in [0.2, 0.25) is 23.6 Å². The number of cyclic esters (lactones) is 1. The molecule has 1 heterocycles. The molecule has 0 saturated carbocycles. The third-order valence-electron chi connectivity index (χ3n) is 7.60. The van der Waals surface area contributed by atoms with Gasteiger partial charge < -0.3 is 30.1 Å². The maximum Gasteiger partial charge on any atom is 0.308 e. The summed E-state index contributed by atoms with van der Waals surface area (Å²) >= 11 is 0. The maximum absolute atomic E-state index is 13.8. The van der Waals surface area contributed by atoms with Crippen molar-refractivity contribution < 1.29 is 33.5 Å². The van der Waals surface area contributed by atoms with Crippen LogP contribution in [0.5, 0.6) is 0 Å². The molecule has 0 aromatic rings. The lowest BCUT2D eigenvalue weighted by Gasteiger charge is -2.38. The van der Waals surface area contributed by atoms with E-state index in [9.17, 15) is 28.8 Å². The summed E-state index contributed by atoms with van der Waals surface area (Å²) < 4.78 is 5.36. The summed E-state index contributed by atoms with van der Waals surface area (Å²) in [6.07, 6.45) is 0.589. The normalized spacial score (nSPS) is 27.9. The molecule has 1 aliphatic heterocycles. The van der Waals surface area contributed by atoms with Crippen LogP contribution in [-0.2, 0) is 33.5 Å². The number of nitrogens with zero attached hydrogens (tertiary/aromatic N) is 3. The predicted octanol–water partition coefficient (Wildman–Crippen LogP) is 0.702. The standard InChI is InChI=1S/C28H47N5O7/c1-11-13-20-26(37)31(8)19(7)25(36)30-22(17(5)12-2)27(38)33(10)23(16(3)4)28(39)32(9)18(6)24(35)29-15-14-21(34)40-20/h11,16-20,22-23H,1,12-15H2,2-10H3,(H,29,35)(H,30,36)/t17-,18-,19-,20+,22-,23?/m0/s1. The summed E-state index contributed by atoms with van der Waals surface area (Å²) in [6, 6.07) is -3.78. The van der Waals surface area contributed by atoms with Crippen LogP contribution in [0.25, 0.3) is 0 Å². The van der Waals surface area contributed by atoms with Gasteiger partial charge in [-0.2, -0.15) is 0 Å². The Morgan fingerprint density at radius 2 is 1.45 bits per heavy atom. The van der Waals surface area contributed by atoms with E-state index in [2.05, 4.69) is 17.2 Å². The highest BCUT2D eigenvalue weighted by molar-refractivity contribution is 5.96. The predicted molar refractivity (Wildman–Crippen MR) is 150 cm³/mol. The van der Waals surface area contributed by atoms with Crippen molar-refractivity contribution >= 4 is 35.5 Å². The lowest BCUT2D eigenvalue weighted by Crippen LogP contribution is -2.60. The zero-order valence-electron chi connectivity index (χ0n) is 25.4. The topological polar surface area (TPSA) is 145 Å². The van der Waals surface area contributed by atoms with Crippen molar-refractivity contribution in [3.05, 3.63) is 12.7 Å². The van der Waals surface area contributed by atoms with Gasteiger partial charge in [0.05, 0.1) is 6.42 Å². The molecule has 0 aliphatic carbocycles. The van der Waals surface area contributed by atoms with Crippen LogP contribution in [0, 0.1) is 11.8 Å². The lowest BCUT2D eigenvalue weighted by molar-refractivity contribution is -0.161. The number of likely N-dealkylation sites (N-methyl/N-ethyl adjacent to an activating group) is 3. The van der Waals surface area contributed by atoms with Crippen LogP contribution in [-0.4, -0.2) is 108 Å². The van der Waals surface area contributed by atoms with Crippen molar-refractivity contribution in [2.45, 2.75) is 91.1 Å². The van der Waals surface area contributed by atoms with Gasteiger partial charge in [0.25, 0.3) is 5.91 Å². The van der Waals surface area contributed by atoms with E-state index in [0.717, 1.165) is 4.90 Å². The zero-order chi connectivity index (χ0) is 30.9. The Morgan fingerprint density at radius 1 is 0.900 bits per heavy atom. The molecule has 1 unspecified atom stereocenters. The van der Waals surface area contributed by atoms with Crippen LogP contribution >= 0.6 is 0 Å². The molecule has 0 bridgehead atoms. The Kier molecular flexibility index (Phi) is 13.3. The number of hydrogen-bond acceptors (Lipinski definition) is 7. The second kappa shape index (κ2) is 15.4. The molecule has 1 rings (SSSR count). The van der Waals surface area contributed by atoms with Gasteiger partial charge >= 0.3 is 5.97 Å². The van der Waals surface area contributed by atoms with E-state index < -0.39 is 65.8 Å². The third kappa shape index (κ3) is 8.53. The highest BCUT2D eigenvalue weighted by atomic mass is 16.5. The molecule has 12 heteroatoms. The minimum Gasteiger partial charge on any atom is -0.452 e. The number of rotatable bonds is 5. The summed E-state index contributed by atoms with van der Waals surface area (Å²) in [5.74, 6) is -3.88. The second-order valence-corrected chi connectivity index (χ2v) is 10.8. The summed E-state index contributed by atoms with van der Waals surface area (Å²) in [7, 11) is 4.40. The van der Waals surface area contributed by atoms with Crippen molar-refractivity contribution in [2.24, 2.45) is 11.8 Å². The molecule has 0 aromatic carbocycles. The molecule has 1 aliphatic rings. The van der Waals surface area contributed by atoms with Crippen LogP contribution in [0.3, 0.4) is 0 Å². The molecule has 0 aromatic heterocycles. The molecule has 12 nitrogen and oxygen atoms in total. The SMILES string of the molecule is C=CC[C@H]1OC(=O)CCNC(=O)[C@H](C)N(C)C(=O)C(C(C)C)N(C)C(=O)[C@H]([C@@H](C)CC)NC(=O)[C@H](C)N(C)C1=O. The van der Waals surface area contributed by atoms with Gasteiger partial charge in [-0.05, 0) is 25.7 Å². The van der Waals surface area contributed by atoms with Crippen LogP contribution in [0.1, 0.15) is 60.8 Å². The van der Waals surface area contributed by atoms with E-state index >= 15 is 0 Å². The fourth-order valence-corrected chi connectivity index (χ4v) is 4.38. The third-order valence-corrected chi connectivity index (χ3v) is 7.60. The second-order valence-electron chi connectivity index (χ2n) is 10.8. The van der Waals surface area contributed by atoms with Gasteiger partial charge in [-0.3, -0.25) is 28.8 Å². The number of ether oxygens (including phenoxy) is 1. The van der Waals surface area contributed by atoms with Gasteiger partial charge in [-0.1, -0.05) is 40.2 Å². The molecular formula is C28H47N5O7. The van der Waals surface area contributed by atoms with Crippen molar-refractivity contribution in [2.75, 3.05) is 27.7 Å². The average molecular weight is 566 g/mol. The fourth-order valence-electron chi connectivity index (χ4n) is 4.38. The first-order valence-electron chi connectivity index (χ1n) is 13.8. The number of nitrogens with one attached hydrogen (secondary N) is 2. The smallest absolute Gasteiger partial charge is 0.308 e. The minimum atomic E-state index is -1.21. The number of carbonyl (C=O) groups is 6. The average Bonchev–Trinajstić information content (AvgIpc) is 2.91. The molecule has 1 saturated heterocycles. The van der Waals surface area contributed by atoms with E-state index in [1.54, 1.807) is 20.8 Å². The maximum atomic E-state index is 13.8. The molecule has 1 fully saturated rings. The van der Waals surface area contributed by atoms with Crippen molar-refractivity contribution in [1.82, 2.24) is 25.3 Å². The Hall–Kier alpha value is -3.44. The van der Waals surface area contributed by atoms with Crippen LogP contribution in [0.15, 0.2) is 12.7 Å². The van der Waals surface area contributed by atoms with Crippen molar-refractivity contribution in [3.63, 3.8) is 0 Å². The van der Waals surface area contributed by atoms with Crippen LogP contribution in [0.2, 0.25) is 0 Å². The monoisotopic (exact) mass is 565 g/mol. The summed E-state index contributed by atoms with van der Waals surface area (Å²) in [4.78, 5) is 82.9. The van der Waals surface area contributed by atoms with Gasteiger partial charge in [0.15, 0.2) is 6.10 Å². The Labute approximate surface area is 237 Å². The van der Waals surface area contributed by atoms with E-state index in [4.69, 9.17) is 4.74 Å². The number of amides is 5. The van der Waals surface area contributed by atoms with Gasteiger partial charge in [-0.15, -0.1) is 6.58 Å². The van der Waals surface area contributed by atoms with Gasteiger partial charge in [0, 0.05) is 34.1 Å². The lowest BCUT2D eigenvalue weighted by atomic mass is 9.94. The van der Waals surface area contributed by atoms with E-state index in [0.29, 0.717) is 6.42 Å². The van der Waals surface area contributed by atoms with Crippen molar-refractivity contribution in [3.8, 4) is 0 Å². The first-order chi connectivity index (χ1) is 18.6.